The molecule has 4 N–H and O–H groups in total. The van der Waals surface area contributed by atoms with Crippen LogP contribution in [0.15, 0.2) is 18.3 Å². The first-order valence-corrected chi connectivity index (χ1v) is 5.10. The summed E-state index contributed by atoms with van der Waals surface area (Å²) in [4.78, 5) is 15.5. The van der Waals surface area contributed by atoms with Gasteiger partial charge in [0.05, 0.1) is 0 Å². The van der Waals surface area contributed by atoms with Gasteiger partial charge in [-0.1, -0.05) is 13.0 Å². The number of ketones is 1. The number of hydrogen-bond acceptors (Lipinski definition) is 4. The number of aromatic nitrogens is 1. The van der Waals surface area contributed by atoms with Crippen molar-refractivity contribution in [3.8, 4) is 0 Å². The molecule has 1 atom stereocenters. The van der Waals surface area contributed by atoms with Crippen LogP contribution in [0.1, 0.15) is 25.3 Å². The summed E-state index contributed by atoms with van der Waals surface area (Å²) in [6, 6.07) is 3.55. The Bertz CT molecular complexity index is 338. The average Bonchev–Trinajstić information content (AvgIpc) is 2.21. The zero-order valence-corrected chi connectivity index (χ0v) is 8.94. The van der Waals surface area contributed by atoms with Crippen LogP contribution in [-0.2, 0) is 11.2 Å². The SMILES string of the molecule is CCC(N)CC(=O)Cc1cccnc1N. The molecule has 4 nitrogen and oxygen atoms in total. The Morgan fingerprint density at radius 1 is 1.60 bits per heavy atom. The maximum Gasteiger partial charge on any atom is 0.138 e. The molecule has 1 unspecified atom stereocenters. The van der Waals surface area contributed by atoms with E-state index in [-0.39, 0.29) is 11.8 Å². The van der Waals surface area contributed by atoms with Gasteiger partial charge in [0.2, 0.25) is 0 Å². The van der Waals surface area contributed by atoms with Gasteiger partial charge in [0, 0.05) is 30.6 Å². The van der Waals surface area contributed by atoms with Crippen molar-refractivity contribution in [3.63, 3.8) is 0 Å². The van der Waals surface area contributed by atoms with E-state index in [4.69, 9.17) is 11.5 Å². The molecule has 1 rings (SSSR count). The highest BCUT2D eigenvalue weighted by Crippen LogP contribution is 2.09. The van der Waals surface area contributed by atoms with Gasteiger partial charge in [0.15, 0.2) is 0 Å². The van der Waals surface area contributed by atoms with Crippen LogP contribution in [-0.4, -0.2) is 16.8 Å². The second-order valence-corrected chi connectivity index (χ2v) is 3.64. The number of hydrogen-bond donors (Lipinski definition) is 2. The van der Waals surface area contributed by atoms with E-state index >= 15 is 0 Å². The van der Waals surface area contributed by atoms with E-state index in [1.807, 2.05) is 13.0 Å². The second kappa shape index (κ2) is 5.46. The third-order valence-electron chi connectivity index (χ3n) is 2.33. The Balaban J connectivity index is 2.55. The molecule has 0 aliphatic rings. The molecule has 0 bridgehead atoms. The number of nitrogen functional groups attached to an aromatic ring is 1. The molecule has 0 aromatic carbocycles. The molecule has 0 aliphatic carbocycles. The number of nitrogens with zero attached hydrogens (tertiary/aromatic N) is 1. The second-order valence-electron chi connectivity index (χ2n) is 3.64. The van der Waals surface area contributed by atoms with E-state index in [1.54, 1.807) is 12.3 Å². The first-order chi connectivity index (χ1) is 7.13. The number of carbonyl (C=O) groups excluding carboxylic acids is 1. The number of rotatable bonds is 5. The molecule has 82 valence electrons. The third kappa shape index (κ3) is 3.67. The lowest BCUT2D eigenvalue weighted by molar-refractivity contribution is -0.118. The first-order valence-electron chi connectivity index (χ1n) is 5.10. The fourth-order valence-electron chi connectivity index (χ4n) is 1.32. The molecule has 1 aromatic heterocycles. The standard InChI is InChI=1S/C11H17N3O/c1-2-9(12)7-10(15)6-8-4-3-5-14-11(8)13/h3-5,9H,2,6-7,12H2,1H3,(H2,13,14). The van der Waals surface area contributed by atoms with Crippen molar-refractivity contribution in [2.24, 2.45) is 5.73 Å². The van der Waals surface area contributed by atoms with Gasteiger partial charge in [-0.25, -0.2) is 4.98 Å². The summed E-state index contributed by atoms with van der Waals surface area (Å²) in [7, 11) is 0. The molecule has 0 aliphatic heterocycles. The molecule has 0 saturated carbocycles. The zero-order chi connectivity index (χ0) is 11.3. The summed E-state index contributed by atoms with van der Waals surface area (Å²) in [5.41, 5.74) is 12.1. The third-order valence-corrected chi connectivity index (χ3v) is 2.33. The number of anilines is 1. The van der Waals surface area contributed by atoms with Crippen molar-refractivity contribution >= 4 is 11.6 Å². The Labute approximate surface area is 89.7 Å². The highest BCUT2D eigenvalue weighted by Gasteiger charge is 2.10. The van der Waals surface area contributed by atoms with Crippen molar-refractivity contribution in [1.29, 1.82) is 0 Å². The van der Waals surface area contributed by atoms with Gasteiger partial charge in [0.1, 0.15) is 11.6 Å². The summed E-state index contributed by atoms with van der Waals surface area (Å²) in [5, 5.41) is 0. The Morgan fingerprint density at radius 2 is 2.33 bits per heavy atom. The van der Waals surface area contributed by atoms with Crippen LogP contribution in [0.25, 0.3) is 0 Å². The minimum atomic E-state index is -0.0459. The predicted molar refractivity (Wildman–Crippen MR) is 60.2 cm³/mol. The van der Waals surface area contributed by atoms with Gasteiger partial charge < -0.3 is 11.5 Å². The minimum absolute atomic E-state index is 0.0459. The molecule has 15 heavy (non-hydrogen) atoms. The van der Waals surface area contributed by atoms with E-state index in [1.165, 1.54) is 0 Å². The molecular formula is C11H17N3O. The van der Waals surface area contributed by atoms with E-state index in [2.05, 4.69) is 4.98 Å². The summed E-state index contributed by atoms with van der Waals surface area (Å²) in [6.45, 7) is 1.97. The fourth-order valence-corrected chi connectivity index (χ4v) is 1.32. The molecule has 0 amide bonds. The van der Waals surface area contributed by atoms with Gasteiger partial charge in [-0.3, -0.25) is 4.79 Å². The normalized spacial score (nSPS) is 12.4. The van der Waals surface area contributed by atoms with Gasteiger partial charge in [-0.2, -0.15) is 0 Å². The molecule has 1 heterocycles. The van der Waals surface area contributed by atoms with Gasteiger partial charge in [0.25, 0.3) is 0 Å². The quantitative estimate of drug-likeness (QED) is 0.751. The average molecular weight is 207 g/mol. The molecule has 0 spiro atoms. The van der Waals surface area contributed by atoms with E-state index in [9.17, 15) is 4.79 Å². The number of pyridine rings is 1. The predicted octanol–water partition coefficient (Wildman–Crippen LogP) is 0.903. The minimum Gasteiger partial charge on any atom is -0.383 e. The maximum atomic E-state index is 11.6. The Kier molecular flexibility index (Phi) is 4.24. The molecule has 0 fully saturated rings. The lowest BCUT2D eigenvalue weighted by Crippen LogP contribution is -2.23. The van der Waals surface area contributed by atoms with Crippen molar-refractivity contribution in [3.05, 3.63) is 23.9 Å². The summed E-state index contributed by atoms with van der Waals surface area (Å²) < 4.78 is 0. The van der Waals surface area contributed by atoms with Crippen LogP contribution < -0.4 is 11.5 Å². The summed E-state index contributed by atoms with van der Waals surface area (Å²) in [6.07, 6.45) is 3.16. The van der Waals surface area contributed by atoms with E-state index < -0.39 is 0 Å². The lowest BCUT2D eigenvalue weighted by atomic mass is 10.0. The van der Waals surface area contributed by atoms with Crippen LogP contribution in [0.3, 0.4) is 0 Å². The van der Waals surface area contributed by atoms with Gasteiger partial charge in [-0.15, -0.1) is 0 Å². The lowest BCUT2D eigenvalue weighted by Gasteiger charge is -2.08. The van der Waals surface area contributed by atoms with Crippen molar-refractivity contribution < 1.29 is 4.79 Å². The van der Waals surface area contributed by atoms with Crippen molar-refractivity contribution in [1.82, 2.24) is 4.98 Å². The Morgan fingerprint density at radius 3 is 2.93 bits per heavy atom. The number of Topliss-reactive ketones (excluding diaryl/α,β-unsaturated/α-hetero) is 1. The monoisotopic (exact) mass is 207 g/mol. The fraction of sp³-hybridized carbons (Fsp3) is 0.455. The van der Waals surface area contributed by atoms with Crippen LogP contribution in [0.4, 0.5) is 5.82 Å². The molecule has 0 radical (unpaired) electrons. The van der Waals surface area contributed by atoms with Crippen LogP contribution in [0.2, 0.25) is 0 Å². The van der Waals surface area contributed by atoms with Crippen LogP contribution in [0, 0.1) is 0 Å². The summed E-state index contributed by atoms with van der Waals surface area (Å²) in [5.74, 6) is 0.542. The highest BCUT2D eigenvalue weighted by molar-refractivity contribution is 5.82. The van der Waals surface area contributed by atoms with Crippen LogP contribution in [0.5, 0.6) is 0 Å². The summed E-state index contributed by atoms with van der Waals surface area (Å²) >= 11 is 0. The van der Waals surface area contributed by atoms with Crippen molar-refractivity contribution in [2.45, 2.75) is 32.2 Å². The maximum absolute atomic E-state index is 11.6. The van der Waals surface area contributed by atoms with Crippen molar-refractivity contribution in [2.75, 3.05) is 5.73 Å². The van der Waals surface area contributed by atoms with Gasteiger partial charge >= 0.3 is 0 Å². The molecule has 0 saturated heterocycles. The van der Waals surface area contributed by atoms with Gasteiger partial charge in [-0.05, 0) is 12.5 Å². The largest absolute Gasteiger partial charge is 0.383 e. The van der Waals surface area contributed by atoms with Crippen LogP contribution >= 0.6 is 0 Å². The smallest absolute Gasteiger partial charge is 0.138 e. The topological polar surface area (TPSA) is 82.0 Å². The zero-order valence-electron chi connectivity index (χ0n) is 8.94. The Hall–Kier alpha value is -1.42. The molecular weight excluding hydrogens is 190 g/mol. The number of carbonyl (C=O) groups is 1. The highest BCUT2D eigenvalue weighted by atomic mass is 16.1. The molecule has 1 aromatic rings. The van der Waals surface area contributed by atoms with E-state index in [0.29, 0.717) is 18.7 Å². The van der Waals surface area contributed by atoms with E-state index in [0.717, 1.165) is 12.0 Å². The number of nitrogens with two attached hydrogens (primary N) is 2. The first kappa shape index (κ1) is 11.7. The molecule has 4 heteroatoms.